The third kappa shape index (κ3) is 4.49. The van der Waals surface area contributed by atoms with Gasteiger partial charge in [0.15, 0.2) is 0 Å². The second kappa shape index (κ2) is 7.06. The number of hydrogen-bond donors (Lipinski definition) is 1. The van der Waals surface area contributed by atoms with Gasteiger partial charge in [0.05, 0.1) is 25.8 Å². The van der Waals surface area contributed by atoms with E-state index in [1.54, 1.807) is 6.26 Å². The molecule has 0 aliphatic carbocycles. The van der Waals surface area contributed by atoms with Crippen LogP contribution in [0.2, 0.25) is 0 Å². The first kappa shape index (κ1) is 12.8. The van der Waals surface area contributed by atoms with Gasteiger partial charge in [0, 0.05) is 6.04 Å². The van der Waals surface area contributed by atoms with Crippen molar-refractivity contribution in [3.8, 4) is 0 Å². The molecule has 0 bridgehead atoms. The predicted molar refractivity (Wildman–Crippen MR) is 60.9 cm³/mol. The molecule has 0 radical (unpaired) electrons. The van der Waals surface area contributed by atoms with E-state index in [-0.39, 0.29) is 12.0 Å². The van der Waals surface area contributed by atoms with E-state index in [0.717, 1.165) is 12.2 Å². The lowest BCUT2D eigenvalue weighted by Crippen LogP contribution is -2.30. The quantitative estimate of drug-likeness (QED) is 0.722. The van der Waals surface area contributed by atoms with Crippen molar-refractivity contribution in [2.75, 3.05) is 6.61 Å². The number of rotatable bonds is 7. The lowest BCUT2D eigenvalue weighted by molar-refractivity contribution is -0.143. The Bertz CT molecular complexity index is 295. The number of carbonyl (C=O) groups excluding carboxylic acids is 1. The SMILES string of the molecule is CCOC(=O)CC(CC)NCc1ccco1. The third-order valence-corrected chi connectivity index (χ3v) is 2.36. The molecule has 0 aliphatic heterocycles. The minimum atomic E-state index is -0.152. The number of nitrogens with one attached hydrogen (secondary N) is 1. The average molecular weight is 225 g/mol. The fourth-order valence-electron chi connectivity index (χ4n) is 1.44. The van der Waals surface area contributed by atoms with Crippen molar-refractivity contribution in [1.29, 1.82) is 0 Å². The van der Waals surface area contributed by atoms with Gasteiger partial charge in [-0.2, -0.15) is 0 Å². The molecule has 0 fully saturated rings. The maximum absolute atomic E-state index is 11.3. The van der Waals surface area contributed by atoms with Crippen molar-refractivity contribution < 1.29 is 13.9 Å². The molecule has 1 aromatic rings. The average Bonchev–Trinajstić information content (AvgIpc) is 2.77. The van der Waals surface area contributed by atoms with Gasteiger partial charge in [-0.3, -0.25) is 4.79 Å². The summed E-state index contributed by atoms with van der Waals surface area (Å²) in [6.45, 7) is 4.94. The van der Waals surface area contributed by atoms with E-state index in [9.17, 15) is 4.79 Å². The van der Waals surface area contributed by atoms with E-state index in [1.807, 2.05) is 26.0 Å². The first-order chi connectivity index (χ1) is 7.76. The van der Waals surface area contributed by atoms with Crippen molar-refractivity contribution in [2.45, 2.75) is 39.3 Å². The van der Waals surface area contributed by atoms with Crippen molar-refractivity contribution in [1.82, 2.24) is 5.32 Å². The zero-order valence-electron chi connectivity index (χ0n) is 9.86. The van der Waals surface area contributed by atoms with Gasteiger partial charge in [-0.15, -0.1) is 0 Å². The van der Waals surface area contributed by atoms with Gasteiger partial charge in [0.1, 0.15) is 5.76 Å². The molecule has 0 amide bonds. The molecule has 16 heavy (non-hydrogen) atoms. The lowest BCUT2D eigenvalue weighted by Gasteiger charge is -2.14. The fourth-order valence-corrected chi connectivity index (χ4v) is 1.44. The standard InChI is InChI=1S/C12H19NO3/c1-3-10(8-12(14)15-4-2)13-9-11-6-5-7-16-11/h5-7,10,13H,3-4,8-9H2,1-2H3. The summed E-state index contributed by atoms with van der Waals surface area (Å²) in [5.74, 6) is 0.726. The van der Waals surface area contributed by atoms with E-state index in [0.29, 0.717) is 19.6 Å². The van der Waals surface area contributed by atoms with Crippen LogP contribution < -0.4 is 5.32 Å². The molecule has 0 aliphatic rings. The summed E-state index contributed by atoms with van der Waals surface area (Å²) >= 11 is 0. The molecule has 1 aromatic heterocycles. The molecule has 4 heteroatoms. The van der Waals surface area contributed by atoms with Crippen LogP contribution in [0.1, 0.15) is 32.4 Å². The minimum absolute atomic E-state index is 0.143. The maximum atomic E-state index is 11.3. The normalized spacial score (nSPS) is 12.4. The molecule has 1 N–H and O–H groups in total. The van der Waals surface area contributed by atoms with E-state index in [1.165, 1.54) is 0 Å². The Morgan fingerprint density at radius 3 is 2.94 bits per heavy atom. The highest BCUT2D eigenvalue weighted by Crippen LogP contribution is 2.04. The monoisotopic (exact) mass is 225 g/mol. The van der Waals surface area contributed by atoms with Crippen LogP contribution >= 0.6 is 0 Å². The molecule has 90 valence electrons. The molecule has 1 unspecified atom stereocenters. The van der Waals surface area contributed by atoms with Crippen LogP contribution in [0.3, 0.4) is 0 Å². The number of furan rings is 1. The Morgan fingerprint density at radius 1 is 1.56 bits per heavy atom. The molecule has 1 rings (SSSR count). The summed E-state index contributed by atoms with van der Waals surface area (Å²) in [6.07, 6.45) is 2.94. The highest BCUT2D eigenvalue weighted by Gasteiger charge is 2.12. The number of hydrogen-bond acceptors (Lipinski definition) is 4. The molecule has 0 aromatic carbocycles. The summed E-state index contributed by atoms with van der Waals surface area (Å²) in [5.41, 5.74) is 0. The number of ether oxygens (including phenoxy) is 1. The van der Waals surface area contributed by atoms with Crippen LogP contribution in [0.4, 0.5) is 0 Å². The van der Waals surface area contributed by atoms with Crippen LogP contribution in [0.15, 0.2) is 22.8 Å². The molecule has 1 heterocycles. The summed E-state index contributed by atoms with van der Waals surface area (Å²) < 4.78 is 10.1. The Labute approximate surface area is 96.0 Å². The molecule has 0 saturated carbocycles. The Balaban J connectivity index is 2.29. The van der Waals surface area contributed by atoms with Crippen LogP contribution in [-0.4, -0.2) is 18.6 Å². The highest BCUT2D eigenvalue weighted by molar-refractivity contribution is 5.70. The van der Waals surface area contributed by atoms with Crippen LogP contribution in [0, 0.1) is 0 Å². The zero-order valence-corrected chi connectivity index (χ0v) is 9.86. The van der Waals surface area contributed by atoms with Gasteiger partial charge in [0.2, 0.25) is 0 Å². The summed E-state index contributed by atoms with van der Waals surface area (Å²) in [4.78, 5) is 11.3. The van der Waals surface area contributed by atoms with Crippen molar-refractivity contribution in [3.05, 3.63) is 24.2 Å². The Hall–Kier alpha value is -1.29. The lowest BCUT2D eigenvalue weighted by atomic mass is 10.1. The first-order valence-electron chi connectivity index (χ1n) is 5.67. The van der Waals surface area contributed by atoms with Crippen molar-refractivity contribution >= 4 is 5.97 Å². The summed E-state index contributed by atoms with van der Waals surface area (Å²) in [5, 5.41) is 3.27. The van der Waals surface area contributed by atoms with E-state index in [2.05, 4.69) is 5.32 Å². The second-order valence-corrected chi connectivity index (χ2v) is 3.57. The zero-order chi connectivity index (χ0) is 11.8. The van der Waals surface area contributed by atoms with E-state index in [4.69, 9.17) is 9.15 Å². The number of carbonyl (C=O) groups is 1. The smallest absolute Gasteiger partial charge is 0.307 e. The number of esters is 1. The van der Waals surface area contributed by atoms with Gasteiger partial charge in [0.25, 0.3) is 0 Å². The van der Waals surface area contributed by atoms with Crippen molar-refractivity contribution in [3.63, 3.8) is 0 Å². The predicted octanol–water partition coefficient (Wildman–Crippen LogP) is 2.10. The highest BCUT2D eigenvalue weighted by atomic mass is 16.5. The van der Waals surface area contributed by atoms with Gasteiger partial charge in [-0.25, -0.2) is 0 Å². The second-order valence-electron chi connectivity index (χ2n) is 3.57. The molecule has 0 saturated heterocycles. The van der Waals surface area contributed by atoms with Crippen molar-refractivity contribution in [2.24, 2.45) is 0 Å². The molecular weight excluding hydrogens is 206 g/mol. The molecule has 1 atom stereocenters. The topological polar surface area (TPSA) is 51.5 Å². The first-order valence-corrected chi connectivity index (χ1v) is 5.67. The van der Waals surface area contributed by atoms with Crippen LogP contribution in [0.5, 0.6) is 0 Å². The maximum Gasteiger partial charge on any atom is 0.307 e. The van der Waals surface area contributed by atoms with Gasteiger partial charge in [-0.1, -0.05) is 6.92 Å². The molecular formula is C12H19NO3. The Kier molecular flexibility index (Phi) is 5.64. The minimum Gasteiger partial charge on any atom is -0.468 e. The molecule has 4 nitrogen and oxygen atoms in total. The van der Waals surface area contributed by atoms with Gasteiger partial charge >= 0.3 is 5.97 Å². The fraction of sp³-hybridized carbons (Fsp3) is 0.583. The molecule has 0 spiro atoms. The largest absolute Gasteiger partial charge is 0.468 e. The Morgan fingerprint density at radius 2 is 2.38 bits per heavy atom. The summed E-state index contributed by atoms with van der Waals surface area (Å²) in [7, 11) is 0. The summed E-state index contributed by atoms with van der Waals surface area (Å²) in [6, 6.07) is 3.90. The third-order valence-electron chi connectivity index (χ3n) is 2.36. The van der Waals surface area contributed by atoms with Crippen LogP contribution in [-0.2, 0) is 16.1 Å². The van der Waals surface area contributed by atoms with E-state index >= 15 is 0 Å². The van der Waals surface area contributed by atoms with Crippen LogP contribution in [0.25, 0.3) is 0 Å². The van der Waals surface area contributed by atoms with E-state index < -0.39 is 0 Å². The van der Waals surface area contributed by atoms with Gasteiger partial charge in [-0.05, 0) is 25.5 Å². The van der Waals surface area contributed by atoms with Gasteiger partial charge < -0.3 is 14.5 Å².